The first kappa shape index (κ1) is 23.6. The number of benzene rings is 2. The van der Waals surface area contributed by atoms with Gasteiger partial charge in [-0.2, -0.15) is 5.10 Å². The maximum Gasteiger partial charge on any atom is 0.222 e. The Kier molecular flexibility index (Phi) is 6.63. The van der Waals surface area contributed by atoms with Crippen molar-refractivity contribution in [3.05, 3.63) is 83.4 Å². The van der Waals surface area contributed by atoms with Crippen LogP contribution in [0.25, 0.3) is 0 Å². The van der Waals surface area contributed by atoms with Gasteiger partial charge in [0.15, 0.2) is 0 Å². The number of hydrogen-bond donors (Lipinski definition) is 1. The molecule has 0 spiro atoms. The van der Waals surface area contributed by atoms with Gasteiger partial charge < -0.3 is 9.80 Å². The lowest BCUT2D eigenvalue weighted by atomic mass is 9.85. The Bertz CT molecular complexity index is 1150. The average molecular weight is 475 g/mol. The number of carbonyl (C=O) groups is 1. The van der Waals surface area contributed by atoms with E-state index in [4.69, 9.17) is 0 Å². The van der Waals surface area contributed by atoms with E-state index >= 15 is 0 Å². The second-order valence-electron chi connectivity index (χ2n) is 10.6. The Labute approximate surface area is 207 Å². The standard InChI is InChI=1S/C29H35FN4O/c1-21-5-3-7-26(15-21)34-27-13-14-33(28(35)8-4-6-23-18-31-32-19-23)20-24(27)17-29(34,2)16-22-9-11-25(30)12-10-22/h3,5,7,9-12,15,18-19,24,27H,4,6,8,13-14,16-17,20H2,1-2H3,(H,31,32)/t24-,27+,29-/m1/s1. The van der Waals surface area contributed by atoms with Gasteiger partial charge in [0.1, 0.15) is 5.82 Å². The minimum Gasteiger partial charge on any atom is -0.362 e. The molecule has 35 heavy (non-hydrogen) atoms. The van der Waals surface area contributed by atoms with Crippen LogP contribution in [0.4, 0.5) is 10.1 Å². The molecule has 1 aromatic heterocycles. The van der Waals surface area contributed by atoms with Crippen LogP contribution in [-0.4, -0.2) is 45.7 Å². The highest BCUT2D eigenvalue weighted by Crippen LogP contribution is 2.46. The number of H-pyrrole nitrogens is 1. The molecule has 3 heterocycles. The molecule has 2 saturated heterocycles. The number of nitrogens with one attached hydrogen (secondary N) is 1. The predicted octanol–water partition coefficient (Wildman–Crippen LogP) is 5.31. The number of halogens is 1. The molecule has 2 aliphatic heterocycles. The van der Waals surface area contributed by atoms with E-state index < -0.39 is 0 Å². The van der Waals surface area contributed by atoms with E-state index in [1.54, 1.807) is 12.1 Å². The molecule has 3 aromatic rings. The summed E-state index contributed by atoms with van der Waals surface area (Å²) >= 11 is 0. The number of nitrogens with zero attached hydrogens (tertiary/aromatic N) is 3. The first-order chi connectivity index (χ1) is 16.9. The quantitative estimate of drug-likeness (QED) is 0.505. The number of anilines is 1. The van der Waals surface area contributed by atoms with E-state index in [9.17, 15) is 9.18 Å². The zero-order valence-corrected chi connectivity index (χ0v) is 20.7. The number of aromatic amines is 1. The average Bonchev–Trinajstić information content (AvgIpc) is 3.45. The third-order valence-electron chi connectivity index (χ3n) is 7.85. The Morgan fingerprint density at radius 3 is 2.77 bits per heavy atom. The van der Waals surface area contributed by atoms with E-state index in [0.717, 1.165) is 56.3 Å². The van der Waals surface area contributed by atoms with Gasteiger partial charge in [0.2, 0.25) is 5.91 Å². The molecule has 1 amide bonds. The maximum atomic E-state index is 13.6. The highest BCUT2D eigenvalue weighted by molar-refractivity contribution is 5.76. The zero-order chi connectivity index (χ0) is 24.4. The Balaban J connectivity index is 1.32. The van der Waals surface area contributed by atoms with E-state index in [0.29, 0.717) is 18.4 Å². The van der Waals surface area contributed by atoms with Crippen LogP contribution >= 0.6 is 0 Å². The summed E-state index contributed by atoms with van der Waals surface area (Å²) in [4.78, 5) is 17.8. The molecule has 5 rings (SSSR count). The lowest BCUT2D eigenvalue weighted by Crippen LogP contribution is -2.51. The van der Waals surface area contributed by atoms with Crippen LogP contribution in [0.1, 0.15) is 49.3 Å². The molecule has 184 valence electrons. The van der Waals surface area contributed by atoms with Crippen molar-refractivity contribution in [1.29, 1.82) is 0 Å². The molecule has 1 N–H and O–H groups in total. The first-order valence-corrected chi connectivity index (χ1v) is 12.8. The second kappa shape index (κ2) is 9.84. The summed E-state index contributed by atoms with van der Waals surface area (Å²) < 4.78 is 13.6. The van der Waals surface area contributed by atoms with E-state index in [2.05, 4.69) is 58.1 Å². The number of amides is 1. The summed E-state index contributed by atoms with van der Waals surface area (Å²) in [7, 11) is 0. The fourth-order valence-electron chi connectivity index (χ4n) is 6.35. The first-order valence-electron chi connectivity index (χ1n) is 12.8. The van der Waals surface area contributed by atoms with Crippen LogP contribution in [0.15, 0.2) is 60.9 Å². The number of rotatable bonds is 7. The molecular formula is C29H35FN4O. The molecule has 2 aromatic carbocycles. The topological polar surface area (TPSA) is 52.2 Å². The van der Waals surface area contributed by atoms with Crippen molar-refractivity contribution in [2.24, 2.45) is 5.92 Å². The Hall–Kier alpha value is -3.15. The minimum absolute atomic E-state index is 0.0959. The Morgan fingerprint density at radius 1 is 1.20 bits per heavy atom. The molecule has 5 nitrogen and oxygen atoms in total. The van der Waals surface area contributed by atoms with Gasteiger partial charge in [-0.05, 0) is 92.8 Å². The summed E-state index contributed by atoms with van der Waals surface area (Å²) in [6.07, 6.45) is 8.88. The number of aryl methyl sites for hydroxylation is 2. The van der Waals surface area contributed by atoms with Gasteiger partial charge in [0.25, 0.3) is 0 Å². The second-order valence-corrected chi connectivity index (χ2v) is 10.6. The van der Waals surface area contributed by atoms with Crippen molar-refractivity contribution in [3.63, 3.8) is 0 Å². The fraction of sp³-hybridized carbons (Fsp3) is 0.448. The largest absolute Gasteiger partial charge is 0.362 e. The minimum atomic E-state index is -0.198. The molecule has 3 atom stereocenters. The van der Waals surface area contributed by atoms with Gasteiger partial charge in [-0.15, -0.1) is 0 Å². The normalized spacial score (nSPS) is 24.0. The highest BCUT2D eigenvalue weighted by atomic mass is 19.1. The molecule has 0 radical (unpaired) electrons. The van der Waals surface area contributed by atoms with Gasteiger partial charge in [-0.3, -0.25) is 9.89 Å². The number of aromatic nitrogens is 2. The van der Waals surface area contributed by atoms with Gasteiger partial charge in [0.05, 0.1) is 6.20 Å². The summed E-state index contributed by atoms with van der Waals surface area (Å²) in [5, 5.41) is 6.82. The van der Waals surface area contributed by atoms with Crippen LogP contribution in [-0.2, 0) is 17.6 Å². The van der Waals surface area contributed by atoms with Crippen LogP contribution in [0, 0.1) is 18.7 Å². The SMILES string of the molecule is Cc1cccc(N2[C@H]3CCN(C(=O)CCCc4cn[nH]c4)C[C@H]3C[C@@]2(C)Cc2ccc(F)cc2)c1. The van der Waals surface area contributed by atoms with Crippen molar-refractivity contribution >= 4 is 11.6 Å². The molecule has 0 unspecified atom stereocenters. The van der Waals surface area contributed by atoms with Gasteiger partial charge in [-0.25, -0.2) is 4.39 Å². The van der Waals surface area contributed by atoms with Crippen molar-refractivity contribution in [1.82, 2.24) is 15.1 Å². The van der Waals surface area contributed by atoms with Crippen molar-refractivity contribution in [2.45, 2.75) is 64.0 Å². The van der Waals surface area contributed by atoms with Crippen molar-refractivity contribution in [2.75, 3.05) is 18.0 Å². The van der Waals surface area contributed by atoms with Crippen LogP contribution in [0.5, 0.6) is 0 Å². The highest BCUT2D eigenvalue weighted by Gasteiger charge is 2.50. The van der Waals surface area contributed by atoms with Crippen LogP contribution in [0.2, 0.25) is 0 Å². The number of carbonyl (C=O) groups excluding carboxylic acids is 1. The lowest BCUT2D eigenvalue weighted by Gasteiger charge is -2.43. The summed E-state index contributed by atoms with van der Waals surface area (Å²) in [5.41, 5.74) is 4.71. The number of likely N-dealkylation sites (tertiary alicyclic amines) is 1. The summed E-state index contributed by atoms with van der Waals surface area (Å²) in [6, 6.07) is 16.1. The molecule has 2 fully saturated rings. The molecule has 2 aliphatic rings. The molecular weight excluding hydrogens is 439 g/mol. The molecule has 0 bridgehead atoms. The third-order valence-corrected chi connectivity index (χ3v) is 7.85. The third kappa shape index (κ3) is 5.12. The lowest BCUT2D eigenvalue weighted by molar-refractivity contribution is -0.133. The fourth-order valence-corrected chi connectivity index (χ4v) is 6.35. The zero-order valence-electron chi connectivity index (χ0n) is 20.7. The summed E-state index contributed by atoms with van der Waals surface area (Å²) in [5.74, 6) is 0.491. The summed E-state index contributed by atoms with van der Waals surface area (Å²) in [6.45, 7) is 6.10. The van der Waals surface area contributed by atoms with Crippen LogP contribution in [0.3, 0.4) is 0 Å². The maximum absolute atomic E-state index is 13.6. The van der Waals surface area contributed by atoms with Crippen LogP contribution < -0.4 is 4.90 Å². The smallest absolute Gasteiger partial charge is 0.222 e. The molecule has 0 aliphatic carbocycles. The molecule has 6 heteroatoms. The number of piperidine rings is 1. The monoisotopic (exact) mass is 474 g/mol. The van der Waals surface area contributed by atoms with Crippen molar-refractivity contribution < 1.29 is 9.18 Å². The van der Waals surface area contributed by atoms with E-state index in [-0.39, 0.29) is 17.3 Å². The van der Waals surface area contributed by atoms with E-state index in [1.165, 1.54) is 11.3 Å². The van der Waals surface area contributed by atoms with E-state index in [1.807, 2.05) is 24.5 Å². The van der Waals surface area contributed by atoms with Crippen molar-refractivity contribution in [3.8, 4) is 0 Å². The number of hydrogen-bond acceptors (Lipinski definition) is 3. The Morgan fingerprint density at radius 2 is 2.03 bits per heavy atom. The van der Waals surface area contributed by atoms with Gasteiger partial charge in [0, 0.05) is 43.0 Å². The molecule has 0 saturated carbocycles. The number of fused-ring (bicyclic) bond motifs is 1. The van der Waals surface area contributed by atoms with Gasteiger partial charge >= 0.3 is 0 Å². The predicted molar refractivity (Wildman–Crippen MR) is 137 cm³/mol. The van der Waals surface area contributed by atoms with Gasteiger partial charge in [-0.1, -0.05) is 24.3 Å².